The Kier molecular flexibility index (Phi) is 49.7. The molecule has 1 aliphatic rings. The number of unbranched alkanes of at least 4 members (excludes halogenated alkanes) is 45. The predicted octanol–water partition coefficient (Wildman–Crippen LogP) is 16.3. The highest BCUT2D eigenvalue weighted by atomic mass is 32.2. The predicted molar refractivity (Wildman–Crippen MR) is 307 cm³/mol. The summed E-state index contributed by atoms with van der Waals surface area (Å²) in [5.74, 6) is -1.95. The molecule has 1 heterocycles. The van der Waals surface area contributed by atoms with Crippen LogP contribution in [0.2, 0.25) is 0 Å². The van der Waals surface area contributed by atoms with E-state index in [-0.39, 0.29) is 19.4 Å². The average molecular weight is 1090 g/mol. The lowest BCUT2D eigenvalue weighted by Gasteiger charge is -2.40. The van der Waals surface area contributed by atoms with E-state index in [1.165, 1.54) is 250 Å². The highest BCUT2D eigenvalue weighted by Gasteiger charge is 2.46. The highest BCUT2D eigenvalue weighted by Crippen LogP contribution is 2.24. The minimum absolute atomic E-state index is 0.174. The third kappa shape index (κ3) is 46.1. The number of aliphatic hydroxyl groups is 3. The molecule has 75 heavy (non-hydrogen) atoms. The van der Waals surface area contributed by atoms with Crippen molar-refractivity contribution >= 4 is 22.1 Å². The Hall–Kier alpha value is -1.35. The third-order valence-corrected chi connectivity index (χ3v) is 16.2. The molecule has 0 radical (unpaired) electrons. The van der Waals surface area contributed by atoms with E-state index in [9.17, 15) is 37.9 Å². The number of carbonyl (C=O) groups excluding carboxylic acids is 2. The molecule has 0 aromatic carbocycles. The number of rotatable bonds is 57. The van der Waals surface area contributed by atoms with Crippen LogP contribution in [0.15, 0.2) is 0 Å². The summed E-state index contributed by atoms with van der Waals surface area (Å²) in [5.41, 5.74) is 0. The third-order valence-electron chi connectivity index (χ3n) is 15.4. The lowest BCUT2D eigenvalue weighted by Crippen LogP contribution is -2.60. The normalized spacial score (nSPS) is 18.4. The molecule has 0 amide bonds. The summed E-state index contributed by atoms with van der Waals surface area (Å²) in [6.07, 6.45) is 51.6. The SMILES string of the molecule is CCCCCCCCCCCCCCCCCCCCCCCCCCC(=O)OC(COC(=O)CCCCCCCCCCCCCCCCCCCCCCCCC)COC1OC(CS(=O)(=O)O)C(O)C(O)C1O. The van der Waals surface area contributed by atoms with Crippen LogP contribution in [-0.2, 0) is 38.7 Å². The first-order chi connectivity index (χ1) is 36.5. The van der Waals surface area contributed by atoms with Gasteiger partial charge in [0, 0.05) is 12.8 Å². The van der Waals surface area contributed by atoms with Gasteiger partial charge in [0.15, 0.2) is 12.4 Å². The Labute approximate surface area is 461 Å². The molecule has 6 unspecified atom stereocenters. The van der Waals surface area contributed by atoms with Gasteiger partial charge < -0.3 is 34.3 Å². The molecule has 6 atom stereocenters. The molecule has 4 N–H and O–H groups in total. The zero-order chi connectivity index (χ0) is 54.7. The highest BCUT2D eigenvalue weighted by molar-refractivity contribution is 7.85. The molecule has 0 saturated carbocycles. The van der Waals surface area contributed by atoms with Gasteiger partial charge in [-0.15, -0.1) is 0 Å². The van der Waals surface area contributed by atoms with Crippen LogP contribution in [0.5, 0.6) is 0 Å². The number of hydrogen-bond acceptors (Lipinski definition) is 11. The molecule has 0 bridgehead atoms. The number of ether oxygens (including phenoxy) is 4. The maximum Gasteiger partial charge on any atom is 0.306 e. The van der Waals surface area contributed by atoms with Crippen molar-refractivity contribution in [3.63, 3.8) is 0 Å². The molecule has 1 rings (SSSR count). The van der Waals surface area contributed by atoms with Gasteiger partial charge in [-0.3, -0.25) is 14.1 Å². The summed E-state index contributed by atoms with van der Waals surface area (Å²) in [5, 5.41) is 31.1. The molecule has 0 spiro atoms. The van der Waals surface area contributed by atoms with Crippen LogP contribution in [0.4, 0.5) is 0 Å². The summed E-state index contributed by atoms with van der Waals surface area (Å²) in [6.45, 7) is 3.86. The van der Waals surface area contributed by atoms with E-state index in [1.54, 1.807) is 0 Å². The fourth-order valence-corrected chi connectivity index (χ4v) is 11.2. The summed E-state index contributed by atoms with van der Waals surface area (Å²) < 4.78 is 54.5. The van der Waals surface area contributed by atoms with Crippen LogP contribution in [0.3, 0.4) is 0 Å². The number of hydrogen-bond donors (Lipinski definition) is 4. The van der Waals surface area contributed by atoms with Crippen molar-refractivity contribution in [2.45, 2.75) is 365 Å². The molecule has 1 saturated heterocycles. The van der Waals surface area contributed by atoms with E-state index in [4.69, 9.17) is 18.9 Å². The molecule has 1 aliphatic heterocycles. The topological polar surface area (TPSA) is 186 Å². The zero-order valence-corrected chi connectivity index (χ0v) is 49.5. The van der Waals surface area contributed by atoms with Crippen LogP contribution in [-0.4, -0.2) is 96.0 Å². The molecule has 0 aromatic rings. The van der Waals surface area contributed by atoms with Gasteiger partial charge >= 0.3 is 11.9 Å². The van der Waals surface area contributed by atoms with E-state index in [1.807, 2.05) is 0 Å². The zero-order valence-electron chi connectivity index (χ0n) is 48.7. The van der Waals surface area contributed by atoms with Crippen LogP contribution in [0.1, 0.15) is 328 Å². The number of carbonyl (C=O) groups is 2. The quantitative estimate of drug-likeness (QED) is 0.0257. The van der Waals surface area contributed by atoms with E-state index in [0.29, 0.717) is 12.8 Å². The van der Waals surface area contributed by atoms with E-state index in [0.717, 1.165) is 38.5 Å². The maximum atomic E-state index is 13.0. The van der Waals surface area contributed by atoms with Gasteiger partial charge in [0.2, 0.25) is 0 Å². The minimum atomic E-state index is -4.60. The van der Waals surface area contributed by atoms with Crippen molar-refractivity contribution in [2.24, 2.45) is 0 Å². The van der Waals surface area contributed by atoms with Gasteiger partial charge in [-0.2, -0.15) is 8.42 Å². The Morgan fingerprint density at radius 2 is 0.680 bits per heavy atom. The van der Waals surface area contributed by atoms with Gasteiger partial charge in [-0.1, -0.05) is 303 Å². The van der Waals surface area contributed by atoms with Crippen LogP contribution in [0, 0.1) is 0 Å². The summed E-state index contributed by atoms with van der Waals surface area (Å²) in [6, 6.07) is 0. The molecular formula is C62H120O12S. The molecule has 12 nitrogen and oxygen atoms in total. The molecule has 1 fully saturated rings. The Balaban J connectivity index is 2.23. The number of esters is 2. The van der Waals surface area contributed by atoms with E-state index in [2.05, 4.69) is 13.8 Å². The fraction of sp³-hybridized carbons (Fsp3) is 0.968. The first-order valence-corrected chi connectivity index (χ1v) is 33.7. The Morgan fingerprint density at radius 3 is 0.973 bits per heavy atom. The van der Waals surface area contributed by atoms with Crippen molar-refractivity contribution in [1.82, 2.24) is 0 Å². The second-order valence-electron chi connectivity index (χ2n) is 22.8. The van der Waals surface area contributed by atoms with Crippen LogP contribution >= 0.6 is 0 Å². The Bertz CT molecular complexity index is 1370. The second kappa shape index (κ2) is 52.0. The van der Waals surface area contributed by atoms with Crippen molar-refractivity contribution in [3.8, 4) is 0 Å². The van der Waals surface area contributed by atoms with Gasteiger partial charge in [0.25, 0.3) is 10.1 Å². The summed E-state index contributed by atoms with van der Waals surface area (Å²) in [4.78, 5) is 25.7. The average Bonchev–Trinajstić information content (AvgIpc) is 3.38. The van der Waals surface area contributed by atoms with Crippen LogP contribution in [0.25, 0.3) is 0 Å². The summed E-state index contributed by atoms with van der Waals surface area (Å²) in [7, 11) is -4.60. The lowest BCUT2D eigenvalue weighted by atomic mass is 10.00. The summed E-state index contributed by atoms with van der Waals surface area (Å²) >= 11 is 0. The Morgan fingerprint density at radius 1 is 0.400 bits per heavy atom. The van der Waals surface area contributed by atoms with Crippen LogP contribution < -0.4 is 0 Å². The molecule has 0 aromatic heterocycles. The molecule has 0 aliphatic carbocycles. The van der Waals surface area contributed by atoms with Crippen molar-refractivity contribution in [3.05, 3.63) is 0 Å². The van der Waals surface area contributed by atoms with Crippen molar-refractivity contribution in [1.29, 1.82) is 0 Å². The van der Waals surface area contributed by atoms with Crippen molar-refractivity contribution in [2.75, 3.05) is 19.0 Å². The first kappa shape index (κ1) is 71.7. The smallest absolute Gasteiger partial charge is 0.306 e. The second-order valence-corrected chi connectivity index (χ2v) is 24.3. The lowest BCUT2D eigenvalue weighted by molar-refractivity contribution is -0.297. The van der Waals surface area contributed by atoms with Gasteiger partial charge in [-0.25, -0.2) is 0 Å². The van der Waals surface area contributed by atoms with Crippen molar-refractivity contribution < 1.29 is 56.8 Å². The molecular weight excluding hydrogens is 969 g/mol. The minimum Gasteiger partial charge on any atom is -0.462 e. The van der Waals surface area contributed by atoms with Gasteiger partial charge in [-0.05, 0) is 12.8 Å². The van der Waals surface area contributed by atoms with E-state index >= 15 is 0 Å². The molecule has 13 heteroatoms. The maximum absolute atomic E-state index is 13.0. The first-order valence-electron chi connectivity index (χ1n) is 32.1. The molecule has 446 valence electrons. The largest absolute Gasteiger partial charge is 0.462 e. The van der Waals surface area contributed by atoms with Gasteiger partial charge in [0.1, 0.15) is 36.8 Å². The van der Waals surface area contributed by atoms with E-state index < -0.39 is 71.2 Å². The monoisotopic (exact) mass is 1090 g/mol. The fourth-order valence-electron chi connectivity index (χ4n) is 10.5. The standard InChI is InChI=1S/C62H120O12S/c1-3-5-7-9-11-13-15-17-19-21-23-25-27-29-31-33-35-37-39-41-43-45-47-49-51-58(64)73-55(53-72-62-61(67)60(66)59(65)56(74-62)54-75(68,69)70)52-71-57(63)50-48-46-44-42-40-38-36-34-32-30-28-26-24-22-20-18-16-14-12-10-8-6-4-2/h55-56,59-62,65-67H,3-54H2,1-2H3,(H,68,69,70). The number of aliphatic hydroxyl groups excluding tert-OH is 3. The van der Waals surface area contributed by atoms with Gasteiger partial charge in [0.05, 0.1) is 6.61 Å².